The topological polar surface area (TPSA) is 28.7 Å². The number of hydrogen-bond donors (Lipinski definition) is 1. The molecule has 0 spiro atoms. The maximum atomic E-state index is 4.65. The molecule has 0 radical (unpaired) electrons. The highest BCUT2D eigenvalue weighted by Crippen LogP contribution is 2.19. The van der Waals surface area contributed by atoms with Crippen molar-refractivity contribution >= 4 is 5.57 Å². The van der Waals surface area contributed by atoms with Crippen LogP contribution in [0.3, 0.4) is 0 Å². The Bertz CT molecular complexity index is 698. The summed E-state index contributed by atoms with van der Waals surface area (Å²) in [5, 5.41) is 0. The van der Waals surface area contributed by atoms with Crippen molar-refractivity contribution < 1.29 is 0 Å². The molecule has 2 heteroatoms. The van der Waals surface area contributed by atoms with Crippen molar-refractivity contribution in [2.24, 2.45) is 0 Å². The largest absolute Gasteiger partial charge is 0.348 e. The Kier molecular flexibility index (Phi) is 6.16. The average molecular weight is 306 g/mol. The van der Waals surface area contributed by atoms with E-state index in [0.717, 1.165) is 17.9 Å². The first kappa shape index (κ1) is 17.0. The van der Waals surface area contributed by atoms with E-state index in [0.29, 0.717) is 5.92 Å². The lowest BCUT2D eigenvalue weighted by Crippen LogP contribution is -1.92. The van der Waals surface area contributed by atoms with Crippen LogP contribution in [-0.4, -0.2) is 9.97 Å². The summed E-state index contributed by atoms with van der Waals surface area (Å²) in [7, 11) is 0. The van der Waals surface area contributed by atoms with Crippen LogP contribution >= 0.6 is 0 Å². The molecule has 120 valence electrons. The normalized spacial score (nSPS) is 12.8. The molecule has 0 atom stereocenters. The van der Waals surface area contributed by atoms with Gasteiger partial charge in [0.15, 0.2) is 0 Å². The van der Waals surface area contributed by atoms with Crippen LogP contribution in [0.2, 0.25) is 0 Å². The molecule has 0 aliphatic rings. The molecule has 0 bridgehead atoms. The van der Waals surface area contributed by atoms with Gasteiger partial charge in [-0.15, -0.1) is 0 Å². The first-order valence-electron chi connectivity index (χ1n) is 8.23. The number of H-pyrrole nitrogens is 1. The number of allylic oxidation sites excluding steroid dienone is 6. The van der Waals surface area contributed by atoms with Crippen LogP contribution in [-0.2, 0) is 6.42 Å². The van der Waals surface area contributed by atoms with Gasteiger partial charge < -0.3 is 4.98 Å². The van der Waals surface area contributed by atoms with Crippen LogP contribution in [0.25, 0.3) is 5.57 Å². The van der Waals surface area contributed by atoms with E-state index in [2.05, 4.69) is 72.4 Å². The summed E-state index contributed by atoms with van der Waals surface area (Å²) in [6.07, 6.45) is 13.3. The van der Waals surface area contributed by atoms with Crippen LogP contribution in [0.1, 0.15) is 56.3 Å². The molecule has 2 rings (SSSR count). The summed E-state index contributed by atoms with van der Waals surface area (Å²) in [4.78, 5) is 7.90. The minimum Gasteiger partial charge on any atom is -0.348 e. The average Bonchev–Trinajstić information content (AvgIpc) is 3.01. The SMILES string of the molecule is C\C=C/C=C(\C=C/C)c1ccc(Cc2c[nH]c(C(C)C)n2)cc1. The zero-order chi connectivity index (χ0) is 16.7. The maximum absolute atomic E-state index is 4.65. The van der Waals surface area contributed by atoms with Gasteiger partial charge >= 0.3 is 0 Å². The van der Waals surface area contributed by atoms with Crippen LogP contribution in [0.5, 0.6) is 0 Å². The van der Waals surface area contributed by atoms with Gasteiger partial charge in [0.1, 0.15) is 5.82 Å². The first-order chi connectivity index (χ1) is 11.1. The van der Waals surface area contributed by atoms with Gasteiger partial charge in [-0.05, 0) is 30.5 Å². The van der Waals surface area contributed by atoms with Crippen molar-refractivity contribution in [3.63, 3.8) is 0 Å². The number of hydrogen-bond acceptors (Lipinski definition) is 1. The van der Waals surface area contributed by atoms with Gasteiger partial charge in [-0.1, -0.05) is 68.5 Å². The fraction of sp³-hybridized carbons (Fsp3) is 0.286. The monoisotopic (exact) mass is 306 g/mol. The van der Waals surface area contributed by atoms with Crippen LogP contribution in [0.15, 0.2) is 60.8 Å². The van der Waals surface area contributed by atoms with Gasteiger partial charge in [-0.3, -0.25) is 0 Å². The summed E-state index contributed by atoms with van der Waals surface area (Å²) in [5.74, 6) is 1.49. The molecule has 0 aliphatic carbocycles. The van der Waals surface area contributed by atoms with E-state index in [1.807, 2.05) is 26.1 Å². The Morgan fingerprint density at radius 1 is 1.13 bits per heavy atom. The van der Waals surface area contributed by atoms with E-state index in [9.17, 15) is 0 Å². The lowest BCUT2D eigenvalue weighted by molar-refractivity contribution is 0.790. The second-order valence-electron chi connectivity index (χ2n) is 5.95. The molecular weight excluding hydrogens is 280 g/mol. The Hall–Kier alpha value is -2.35. The molecule has 0 amide bonds. The van der Waals surface area contributed by atoms with Crippen molar-refractivity contribution in [1.82, 2.24) is 9.97 Å². The molecule has 2 nitrogen and oxygen atoms in total. The fourth-order valence-electron chi connectivity index (χ4n) is 2.41. The quantitative estimate of drug-likeness (QED) is 0.685. The van der Waals surface area contributed by atoms with Crippen molar-refractivity contribution in [2.75, 3.05) is 0 Å². The van der Waals surface area contributed by atoms with Gasteiger partial charge in [0.05, 0.1) is 5.69 Å². The molecule has 0 aliphatic heterocycles. The molecule has 0 saturated heterocycles. The number of benzene rings is 1. The van der Waals surface area contributed by atoms with E-state index in [4.69, 9.17) is 0 Å². The Morgan fingerprint density at radius 2 is 1.87 bits per heavy atom. The number of aromatic nitrogens is 2. The van der Waals surface area contributed by atoms with Crippen molar-refractivity contribution in [2.45, 2.75) is 40.0 Å². The predicted molar refractivity (Wildman–Crippen MR) is 99.5 cm³/mol. The zero-order valence-corrected chi connectivity index (χ0v) is 14.5. The summed E-state index contributed by atoms with van der Waals surface area (Å²) in [6.45, 7) is 8.37. The van der Waals surface area contributed by atoms with Crippen LogP contribution in [0.4, 0.5) is 0 Å². The second-order valence-corrected chi connectivity index (χ2v) is 5.95. The smallest absolute Gasteiger partial charge is 0.108 e. The fourth-order valence-corrected chi connectivity index (χ4v) is 2.41. The number of aromatic amines is 1. The number of rotatable bonds is 6. The van der Waals surface area contributed by atoms with Crippen molar-refractivity contribution in [3.05, 3.63) is 83.5 Å². The lowest BCUT2D eigenvalue weighted by Gasteiger charge is -2.04. The zero-order valence-electron chi connectivity index (χ0n) is 14.5. The lowest BCUT2D eigenvalue weighted by atomic mass is 10.0. The molecule has 1 N–H and O–H groups in total. The van der Waals surface area contributed by atoms with Crippen LogP contribution < -0.4 is 0 Å². The Balaban J connectivity index is 2.14. The third-order valence-corrected chi connectivity index (χ3v) is 3.68. The molecule has 0 unspecified atom stereocenters. The Morgan fingerprint density at radius 3 is 2.43 bits per heavy atom. The Labute approximate surface area is 139 Å². The first-order valence-corrected chi connectivity index (χ1v) is 8.23. The van der Waals surface area contributed by atoms with Gasteiger partial charge in [-0.25, -0.2) is 4.98 Å². The van der Waals surface area contributed by atoms with Crippen LogP contribution in [0, 0.1) is 0 Å². The highest BCUT2D eigenvalue weighted by molar-refractivity contribution is 5.75. The van der Waals surface area contributed by atoms with Gasteiger partial charge in [-0.2, -0.15) is 0 Å². The number of nitrogens with one attached hydrogen (secondary N) is 1. The number of imidazole rings is 1. The molecule has 2 aromatic rings. The summed E-state index contributed by atoms with van der Waals surface area (Å²) >= 11 is 0. The molecule has 0 fully saturated rings. The minimum atomic E-state index is 0.436. The van der Waals surface area contributed by atoms with Gasteiger partial charge in [0, 0.05) is 18.5 Å². The minimum absolute atomic E-state index is 0.436. The molecule has 1 aromatic heterocycles. The van der Waals surface area contributed by atoms with E-state index < -0.39 is 0 Å². The third-order valence-electron chi connectivity index (χ3n) is 3.68. The van der Waals surface area contributed by atoms with Gasteiger partial charge in [0.25, 0.3) is 0 Å². The summed E-state index contributed by atoms with van der Waals surface area (Å²) in [6, 6.07) is 8.74. The maximum Gasteiger partial charge on any atom is 0.108 e. The summed E-state index contributed by atoms with van der Waals surface area (Å²) in [5.41, 5.74) is 4.83. The van der Waals surface area contributed by atoms with E-state index >= 15 is 0 Å². The second kappa shape index (κ2) is 8.33. The van der Waals surface area contributed by atoms with Crippen molar-refractivity contribution in [1.29, 1.82) is 0 Å². The molecule has 0 saturated carbocycles. The molecule has 1 heterocycles. The predicted octanol–water partition coefficient (Wildman–Crippen LogP) is 5.66. The highest BCUT2D eigenvalue weighted by Gasteiger charge is 2.06. The van der Waals surface area contributed by atoms with Crippen molar-refractivity contribution in [3.8, 4) is 0 Å². The van der Waals surface area contributed by atoms with E-state index in [-0.39, 0.29) is 0 Å². The van der Waals surface area contributed by atoms with E-state index in [1.165, 1.54) is 16.7 Å². The molecule has 1 aromatic carbocycles. The summed E-state index contributed by atoms with van der Waals surface area (Å²) < 4.78 is 0. The highest BCUT2D eigenvalue weighted by atomic mass is 14.9. The molecule has 23 heavy (non-hydrogen) atoms. The molecular formula is C21H26N2. The van der Waals surface area contributed by atoms with E-state index in [1.54, 1.807) is 0 Å². The van der Waals surface area contributed by atoms with Gasteiger partial charge in [0.2, 0.25) is 0 Å². The number of nitrogens with zero attached hydrogens (tertiary/aromatic N) is 1. The third kappa shape index (κ3) is 4.82. The standard InChI is InChI=1S/C21H26N2/c1-5-7-9-18(8-6-2)19-12-10-17(11-13-19)14-20-15-22-21(23-20)16(3)4/h5-13,15-16H,14H2,1-4H3,(H,22,23)/b7-5-,8-6-,18-9+.